The van der Waals surface area contributed by atoms with Gasteiger partial charge in [-0.05, 0) is 37.5 Å². The van der Waals surface area contributed by atoms with Gasteiger partial charge in [0.2, 0.25) is 5.91 Å². The zero-order chi connectivity index (χ0) is 18.7. The molecule has 2 heterocycles. The van der Waals surface area contributed by atoms with Crippen molar-refractivity contribution in [2.75, 3.05) is 13.7 Å². The SMILES string of the molecule is COc1ccc(CC(=O)N2CCC[C@H]2c2ncc(C(N)=O)c(C)n2)cc1. The molecule has 0 saturated carbocycles. The number of methoxy groups -OCH3 is 1. The predicted octanol–water partition coefficient (Wildman–Crippen LogP) is 1.80. The minimum absolute atomic E-state index is 0.0397. The van der Waals surface area contributed by atoms with E-state index >= 15 is 0 Å². The van der Waals surface area contributed by atoms with Crippen LogP contribution >= 0.6 is 0 Å². The fourth-order valence-corrected chi connectivity index (χ4v) is 3.24. The number of hydrogen-bond acceptors (Lipinski definition) is 5. The van der Waals surface area contributed by atoms with Gasteiger partial charge in [-0.3, -0.25) is 9.59 Å². The number of aromatic nitrogens is 2. The number of benzene rings is 1. The maximum absolute atomic E-state index is 12.8. The molecule has 7 heteroatoms. The third-order valence-electron chi connectivity index (χ3n) is 4.65. The van der Waals surface area contributed by atoms with Crippen LogP contribution in [-0.4, -0.2) is 40.3 Å². The molecule has 1 aliphatic rings. The summed E-state index contributed by atoms with van der Waals surface area (Å²) in [6, 6.07) is 7.31. The lowest BCUT2D eigenvalue weighted by Gasteiger charge is -2.24. The number of carbonyl (C=O) groups is 2. The number of aryl methyl sites for hydroxylation is 1. The van der Waals surface area contributed by atoms with Gasteiger partial charge in [-0.15, -0.1) is 0 Å². The maximum atomic E-state index is 12.8. The molecule has 2 N–H and O–H groups in total. The molecule has 1 saturated heterocycles. The van der Waals surface area contributed by atoms with Gasteiger partial charge in [0, 0.05) is 12.7 Å². The molecule has 1 aliphatic heterocycles. The first-order valence-electron chi connectivity index (χ1n) is 8.55. The molecule has 0 unspecified atom stereocenters. The van der Waals surface area contributed by atoms with E-state index in [1.807, 2.05) is 29.2 Å². The van der Waals surface area contributed by atoms with Crippen LogP contribution in [0.2, 0.25) is 0 Å². The largest absolute Gasteiger partial charge is 0.497 e. The van der Waals surface area contributed by atoms with Gasteiger partial charge in [-0.1, -0.05) is 12.1 Å². The summed E-state index contributed by atoms with van der Waals surface area (Å²) >= 11 is 0. The highest BCUT2D eigenvalue weighted by atomic mass is 16.5. The van der Waals surface area contributed by atoms with Gasteiger partial charge < -0.3 is 15.4 Å². The first kappa shape index (κ1) is 17.8. The van der Waals surface area contributed by atoms with E-state index in [1.54, 1.807) is 14.0 Å². The van der Waals surface area contributed by atoms with Gasteiger partial charge in [0.25, 0.3) is 5.91 Å². The molecule has 7 nitrogen and oxygen atoms in total. The predicted molar refractivity (Wildman–Crippen MR) is 95.7 cm³/mol. The summed E-state index contributed by atoms with van der Waals surface area (Å²) in [5, 5.41) is 0. The smallest absolute Gasteiger partial charge is 0.252 e. The van der Waals surface area contributed by atoms with E-state index in [0.29, 0.717) is 30.0 Å². The van der Waals surface area contributed by atoms with Crippen LogP contribution in [0.4, 0.5) is 0 Å². The number of rotatable bonds is 5. The standard InChI is InChI=1S/C19H22N4O3/c1-12-15(18(20)25)11-21-19(22-12)16-4-3-9-23(16)17(24)10-13-5-7-14(26-2)8-6-13/h5-8,11,16H,3-4,9-10H2,1-2H3,(H2,20,25)/t16-/m0/s1. The molecule has 1 aromatic carbocycles. The molecule has 0 spiro atoms. The lowest BCUT2D eigenvalue weighted by Crippen LogP contribution is -2.33. The summed E-state index contributed by atoms with van der Waals surface area (Å²) in [5.74, 6) is 0.817. The van der Waals surface area contributed by atoms with Crippen molar-refractivity contribution in [2.24, 2.45) is 5.73 Å². The molecule has 2 amide bonds. The van der Waals surface area contributed by atoms with Gasteiger partial charge in [-0.25, -0.2) is 9.97 Å². The highest BCUT2D eigenvalue weighted by Gasteiger charge is 2.32. The number of nitrogens with zero attached hydrogens (tertiary/aromatic N) is 3. The maximum Gasteiger partial charge on any atom is 0.252 e. The summed E-state index contributed by atoms with van der Waals surface area (Å²) in [6.07, 6.45) is 3.48. The van der Waals surface area contributed by atoms with E-state index in [4.69, 9.17) is 10.5 Å². The minimum Gasteiger partial charge on any atom is -0.497 e. The zero-order valence-electron chi connectivity index (χ0n) is 14.9. The molecule has 0 bridgehead atoms. The molecule has 0 aliphatic carbocycles. The molecule has 0 radical (unpaired) electrons. The van der Waals surface area contributed by atoms with Crippen molar-refractivity contribution in [3.05, 3.63) is 53.1 Å². The van der Waals surface area contributed by atoms with Crippen molar-refractivity contribution < 1.29 is 14.3 Å². The molecule has 3 rings (SSSR count). The van der Waals surface area contributed by atoms with Crippen molar-refractivity contribution in [1.82, 2.24) is 14.9 Å². The Morgan fingerprint density at radius 3 is 2.65 bits per heavy atom. The lowest BCUT2D eigenvalue weighted by atomic mass is 10.1. The lowest BCUT2D eigenvalue weighted by molar-refractivity contribution is -0.131. The average molecular weight is 354 g/mol. The molecule has 26 heavy (non-hydrogen) atoms. The van der Waals surface area contributed by atoms with Crippen LogP contribution in [0.3, 0.4) is 0 Å². The second-order valence-corrected chi connectivity index (χ2v) is 6.36. The zero-order valence-corrected chi connectivity index (χ0v) is 14.9. The van der Waals surface area contributed by atoms with Crippen LogP contribution in [0.15, 0.2) is 30.5 Å². The van der Waals surface area contributed by atoms with Gasteiger partial charge in [0.05, 0.1) is 30.8 Å². The van der Waals surface area contributed by atoms with Gasteiger partial charge in [-0.2, -0.15) is 0 Å². The van der Waals surface area contributed by atoms with Gasteiger partial charge in [0.15, 0.2) is 5.82 Å². The van der Waals surface area contributed by atoms with Gasteiger partial charge >= 0.3 is 0 Å². The third kappa shape index (κ3) is 3.66. The van der Waals surface area contributed by atoms with E-state index < -0.39 is 5.91 Å². The van der Waals surface area contributed by atoms with E-state index in [1.165, 1.54) is 6.20 Å². The van der Waals surface area contributed by atoms with Crippen molar-refractivity contribution >= 4 is 11.8 Å². The van der Waals surface area contributed by atoms with E-state index in [2.05, 4.69) is 9.97 Å². The molecule has 136 valence electrons. The Morgan fingerprint density at radius 1 is 1.31 bits per heavy atom. The Kier molecular flexibility index (Phi) is 5.16. The monoisotopic (exact) mass is 354 g/mol. The Balaban J connectivity index is 1.75. The molecule has 1 atom stereocenters. The molecular formula is C19H22N4O3. The first-order valence-corrected chi connectivity index (χ1v) is 8.55. The molecule has 1 fully saturated rings. The summed E-state index contributed by atoms with van der Waals surface area (Å²) < 4.78 is 5.14. The van der Waals surface area contributed by atoms with Crippen LogP contribution in [-0.2, 0) is 11.2 Å². The number of likely N-dealkylation sites (tertiary alicyclic amines) is 1. The number of carbonyl (C=O) groups excluding carboxylic acids is 2. The average Bonchev–Trinajstić information content (AvgIpc) is 3.12. The van der Waals surface area contributed by atoms with Crippen molar-refractivity contribution in [3.63, 3.8) is 0 Å². The normalized spacial score (nSPS) is 16.5. The summed E-state index contributed by atoms with van der Waals surface area (Å²) in [4.78, 5) is 34.6. The Labute approximate surface area is 152 Å². The first-order chi connectivity index (χ1) is 12.5. The van der Waals surface area contributed by atoms with Crippen molar-refractivity contribution in [3.8, 4) is 5.75 Å². The molecular weight excluding hydrogens is 332 g/mol. The van der Waals surface area contributed by atoms with Gasteiger partial charge in [0.1, 0.15) is 5.75 Å². The van der Waals surface area contributed by atoms with Crippen LogP contribution in [0, 0.1) is 6.92 Å². The number of amides is 2. The van der Waals surface area contributed by atoms with E-state index in [0.717, 1.165) is 24.2 Å². The van der Waals surface area contributed by atoms with Crippen LogP contribution in [0.1, 0.15) is 46.3 Å². The third-order valence-corrected chi connectivity index (χ3v) is 4.65. The fourth-order valence-electron chi connectivity index (χ4n) is 3.24. The highest BCUT2D eigenvalue weighted by Crippen LogP contribution is 2.30. The Hall–Kier alpha value is -2.96. The second kappa shape index (κ2) is 7.51. The molecule has 1 aromatic heterocycles. The quantitative estimate of drug-likeness (QED) is 0.883. The minimum atomic E-state index is -0.548. The fraction of sp³-hybridized carbons (Fsp3) is 0.368. The van der Waals surface area contributed by atoms with Crippen LogP contribution < -0.4 is 10.5 Å². The number of nitrogens with two attached hydrogens (primary N) is 1. The van der Waals surface area contributed by atoms with Crippen LogP contribution in [0.5, 0.6) is 5.75 Å². The number of ether oxygens (including phenoxy) is 1. The summed E-state index contributed by atoms with van der Waals surface area (Å²) in [6.45, 7) is 2.41. The Bertz CT molecular complexity index is 820. The number of primary amides is 1. The summed E-state index contributed by atoms with van der Waals surface area (Å²) in [7, 11) is 1.61. The van der Waals surface area contributed by atoms with E-state index in [-0.39, 0.29) is 11.9 Å². The summed E-state index contributed by atoms with van der Waals surface area (Å²) in [5.41, 5.74) is 7.09. The Morgan fingerprint density at radius 2 is 2.04 bits per heavy atom. The van der Waals surface area contributed by atoms with Crippen molar-refractivity contribution in [2.45, 2.75) is 32.2 Å². The van der Waals surface area contributed by atoms with Crippen LogP contribution in [0.25, 0.3) is 0 Å². The van der Waals surface area contributed by atoms with Crippen molar-refractivity contribution in [1.29, 1.82) is 0 Å². The topological polar surface area (TPSA) is 98.4 Å². The highest BCUT2D eigenvalue weighted by molar-refractivity contribution is 5.93. The molecule has 2 aromatic rings. The second-order valence-electron chi connectivity index (χ2n) is 6.36. The van der Waals surface area contributed by atoms with E-state index in [9.17, 15) is 9.59 Å². The number of hydrogen-bond donors (Lipinski definition) is 1.